The Labute approximate surface area is 114 Å². The third-order valence-electron chi connectivity index (χ3n) is 2.30. The maximum atomic E-state index is 13.8. The summed E-state index contributed by atoms with van der Waals surface area (Å²) < 4.78 is 28.4. The lowest BCUT2D eigenvalue weighted by atomic mass is 10.0. The molecular weight excluding hydrogens is 362 g/mol. The summed E-state index contributed by atoms with van der Waals surface area (Å²) in [6.07, 6.45) is -1.28. The standard InChI is InChI=1S/C11H10Br2F2O2/c1-6-4-9(13)7(5-8(6)12)11(14,15)3-2-10(16)17/h4-5H,2-3H2,1H3,(H,16,17). The Hall–Kier alpha value is -0.490. The minimum Gasteiger partial charge on any atom is -0.481 e. The van der Waals surface area contributed by atoms with Crippen LogP contribution in [-0.2, 0) is 10.7 Å². The van der Waals surface area contributed by atoms with Gasteiger partial charge in [0.25, 0.3) is 5.92 Å². The van der Waals surface area contributed by atoms with Crippen LogP contribution in [0.1, 0.15) is 24.0 Å². The SMILES string of the molecule is Cc1cc(Br)c(C(F)(F)CCC(=O)O)cc1Br. The molecule has 1 aromatic rings. The maximum absolute atomic E-state index is 13.8. The van der Waals surface area contributed by atoms with E-state index >= 15 is 0 Å². The van der Waals surface area contributed by atoms with Crippen molar-refractivity contribution >= 4 is 37.8 Å². The number of hydrogen-bond donors (Lipinski definition) is 1. The lowest BCUT2D eigenvalue weighted by Gasteiger charge is -2.18. The lowest BCUT2D eigenvalue weighted by molar-refractivity contribution is -0.139. The van der Waals surface area contributed by atoms with Crippen molar-refractivity contribution in [1.82, 2.24) is 0 Å². The van der Waals surface area contributed by atoms with Crippen LogP contribution in [0.4, 0.5) is 8.78 Å². The Morgan fingerprint density at radius 3 is 2.47 bits per heavy atom. The van der Waals surface area contributed by atoms with Crippen molar-refractivity contribution in [2.75, 3.05) is 0 Å². The van der Waals surface area contributed by atoms with E-state index in [0.717, 1.165) is 5.56 Å². The molecule has 94 valence electrons. The van der Waals surface area contributed by atoms with Gasteiger partial charge in [-0.25, -0.2) is 8.78 Å². The first-order chi connectivity index (χ1) is 7.74. The second-order valence-electron chi connectivity index (χ2n) is 3.68. The second kappa shape index (κ2) is 5.44. The highest BCUT2D eigenvalue weighted by Crippen LogP contribution is 2.39. The van der Waals surface area contributed by atoms with Gasteiger partial charge in [-0.2, -0.15) is 0 Å². The van der Waals surface area contributed by atoms with Crippen molar-refractivity contribution in [3.63, 3.8) is 0 Å². The fourth-order valence-electron chi connectivity index (χ4n) is 1.33. The zero-order chi connectivity index (χ0) is 13.2. The van der Waals surface area contributed by atoms with Gasteiger partial charge in [0.2, 0.25) is 0 Å². The quantitative estimate of drug-likeness (QED) is 0.847. The van der Waals surface area contributed by atoms with E-state index in [0.29, 0.717) is 4.47 Å². The van der Waals surface area contributed by atoms with E-state index in [4.69, 9.17) is 5.11 Å². The van der Waals surface area contributed by atoms with Crippen LogP contribution in [0.5, 0.6) is 0 Å². The zero-order valence-corrected chi connectivity index (χ0v) is 12.1. The Bertz CT molecular complexity index is 447. The predicted octanol–water partition coefficient (Wildman–Crippen LogP) is 4.48. The molecule has 0 fully saturated rings. The predicted molar refractivity (Wildman–Crippen MR) is 67.3 cm³/mol. The Balaban J connectivity index is 3.05. The van der Waals surface area contributed by atoms with Crippen LogP contribution in [0.15, 0.2) is 21.1 Å². The number of hydrogen-bond acceptors (Lipinski definition) is 1. The first-order valence-corrected chi connectivity index (χ1v) is 6.38. The minimum atomic E-state index is -3.16. The Morgan fingerprint density at radius 1 is 1.35 bits per heavy atom. The molecule has 0 aliphatic carbocycles. The lowest BCUT2D eigenvalue weighted by Crippen LogP contribution is -2.16. The topological polar surface area (TPSA) is 37.3 Å². The number of benzene rings is 1. The van der Waals surface area contributed by atoms with Crippen LogP contribution in [0.2, 0.25) is 0 Å². The monoisotopic (exact) mass is 370 g/mol. The first-order valence-electron chi connectivity index (χ1n) is 4.80. The van der Waals surface area contributed by atoms with Crippen LogP contribution in [0.3, 0.4) is 0 Å². The summed E-state index contributed by atoms with van der Waals surface area (Å²) in [7, 11) is 0. The van der Waals surface area contributed by atoms with Gasteiger partial charge in [0.1, 0.15) is 0 Å². The van der Waals surface area contributed by atoms with Crippen molar-refractivity contribution in [3.8, 4) is 0 Å². The highest BCUT2D eigenvalue weighted by atomic mass is 79.9. The molecule has 0 saturated heterocycles. The van der Waals surface area contributed by atoms with Crippen LogP contribution in [0.25, 0.3) is 0 Å². The number of alkyl halides is 2. The average molecular weight is 372 g/mol. The molecule has 2 nitrogen and oxygen atoms in total. The van der Waals surface area contributed by atoms with E-state index in [1.807, 2.05) is 0 Å². The molecule has 0 heterocycles. The summed E-state index contributed by atoms with van der Waals surface area (Å²) in [6, 6.07) is 2.90. The fraction of sp³-hybridized carbons (Fsp3) is 0.364. The normalized spacial score (nSPS) is 11.6. The summed E-state index contributed by atoms with van der Waals surface area (Å²) in [5, 5.41) is 8.44. The molecule has 0 spiro atoms. The molecule has 0 atom stereocenters. The van der Waals surface area contributed by atoms with E-state index in [9.17, 15) is 13.6 Å². The molecule has 0 radical (unpaired) electrons. The number of carboxylic acids is 1. The Morgan fingerprint density at radius 2 is 1.94 bits per heavy atom. The molecule has 0 amide bonds. The molecule has 1 rings (SSSR count). The van der Waals surface area contributed by atoms with Gasteiger partial charge in [0.05, 0.1) is 6.42 Å². The molecule has 0 aromatic heterocycles. The summed E-state index contributed by atoms with van der Waals surface area (Å²) in [5.74, 6) is -4.39. The number of aryl methyl sites for hydroxylation is 1. The third-order valence-corrected chi connectivity index (χ3v) is 3.81. The summed E-state index contributed by atoms with van der Waals surface area (Å²) in [5.41, 5.74) is 0.630. The summed E-state index contributed by atoms with van der Waals surface area (Å²) >= 11 is 6.26. The van der Waals surface area contributed by atoms with Crippen LogP contribution in [0, 0.1) is 6.92 Å². The highest BCUT2D eigenvalue weighted by molar-refractivity contribution is 9.11. The van der Waals surface area contributed by atoms with Gasteiger partial charge in [-0.15, -0.1) is 0 Å². The maximum Gasteiger partial charge on any atom is 0.303 e. The summed E-state index contributed by atoms with van der Waals surface area (Å²) in [4.78, 5) is 10.3. The van der Waals surface area contributed by atoms with Crippen molar-refractivity contribution in [2.24, 2.45) is 0 Å². The number of aliphatic carboxylic acids is 1. The van der Waals surface area contributed by atoms with E-state index in [1.165, 1.54) is 6.07 Å². The van der Waals surface area contributed by atoms with Crippen molar-refractivity contribution in [1.29, 1.82) is 0 Å². The molecule has 1 aromatic carbocycles. The Kier molecular flexibility index (Phi) is 4.66. The number of halogens is 4. The van der Waals surface area contributed by atoms with Crippen molar-refractivity contribution in [2.45, 2.75) is 25.7 Å². The van der Waals surface area contributed by atoms with Crippen molar-refractivity contribution in [3.05, 3.63) is 32.2 Å². The van der Waals surface area contributed by atoms with Crippen molar-refractivity contribution < 1.29 is 18.7 Å². The minimum absolute atomic E-state index is 0.198. The molecular formula is C11H10Br2F2O2. The second-order valence-corrected chi connectivity index (χ2v) is 5.39. The van der Waals surface area contributed by atoms with Gasteiger partial charge in [0, 0.05) is 20.9 Å². The molecule has 0 aliphatic rings. The van der Waals surface area contributed by atoms with Crippen LogP contribution >= 0.6 is 31.9 Å². The number of carbonyl (C=O) groups is 1. The zero-order valence-electron chi connectivity index (χ0n) is 8.94. The van der Waals surface area contributed by atoms with Gasteiger partial charge in [-0.05, 0) is 24.6 Å². The van der Waals surface area contributed by atoms with Gasteiger partial charge >= 0.3 is 5.97 Å². The van der Waals surface area contributed by atoms with Crippen LogP contribution in [-0.4, -0.2) is 11.1 Å². The number of rotatable bonds is 4. The smallest absolute Gasteiger partial charge is 0.303 e. The molecule has 0 aliphatic heterocycles. The van der Waals surface area contributed by atoms with E-state index < -0.39 is 24.7 Å². The largest absolute Gasteiger partial charge is 0.481 e. The van der Waals surface area contributed by atoms with Gasteiger partial charge in [0.15, 0.2) is 0 Å². The molecule has 0 saturated carbocycles. The van der Waals surface area contributed by atoms with Gasteiger partial charge in [-0.1, -0.05) is 31.9 Å². The molecule has 6 heteroatoms. The van der Waals surface area contributed by atoms with Gasteiger partial charge in [-0.3, -0.25) is 4.79 Å². The van der Waals surface area contributed by atoms with E-state index in [-0.39, 0.29) is 10.0 Å². The molecule has 0 unspecified atom stereocenters. The average Bonchev–Trinajstić information content (AvgIpc) is 2.20. The van der Waals surface area contributed by atoms with Crippen LogP contribution < -0.4 is 0 Å². The van der Waals surface area contributed by atoms with Gasteiger partial charge < -0.3 is 5.11 Å². The van der Waals surface area contributed by atoms with E-state index in [2.05, 4.69) is 31.9 Å². The molecule has 1 N–H and O–H groups in total. The fourth-order valence-corrected chi connectivity index (χ4v) is 2.42. The first kappa shape index (κ1) is 14.6. The molecule has 0 bridgehead atoms. The summed E-state index contributed by atoms with van der Waals surface area (Å²) in [6.45, 7) is 1.79. The molecule has 17 heavy (non-hydrogen) atoms. The number of carboxylic acid groups (broad SMARTS) is 1. The van der Waals surface area contributed by atoms with E-state index in [1.54, 1.807) is 13.0 Å². The highest BCUT2D eigenvalue weighted by Gasteiger charge is 2.34. The third kappa shape index (κ3) is 3.74.